The largest absolute Gasteiger partial charge is 0.354 e. The highest BCUT2D eigenvalue weighted by molar-refractivity contribution is 7.91. The lowest BCUT2D eigenvalue weighted by Crippen LogP contribution is -2.31. The Morgan fingerprint density at radius 3 is 2.50 bits per heavy atom. The average Bonchev–Trinajstić information content (AvgIpc) is 3.01. The first kappa shape index (κ1) is 17.0. The molecular weight excluding hydrogens is 342 g/mol. The van der Waals surface area contributed by atoms with E-state index in [0.29, 0.717) is 16.3 Å². The number of benzene rings is 1. The van der Waals surface area contributed by atoms with Gasteiger partial charge in [-0.3, -0.25) is 4.79 Å². The molecule has 0 fully saturated rings. The van der Waals surface area contributed by atoms with Crippen LogP contribution in [0.2, 0.25) is 5.02 Å². The van der Waals surface area contributed by atoms with E-state index in [2.05, 4.69) is 5.32 Å². The second-order valence-electron chi connectivity index (χ2n) is 4.66. The van der Waals surface area contributed by atoms with Crippen LogP contribution in [0, 0.1) is 0 Å². The van der Waals surface area contributed by atoms with Crippen molar-refractivity contribution >= 4 is 38.7 Å². The van der Waals surface area contributed by atoms with Gasteiger partial charge in [0.2, 0.25) is 5.91 Å². The van der Waals surface area contributed by atoms with E-state index < -0.39 is 15.1 Å². The zero-order chi connectivity index (χ0) is 16.2. The minimum atomic E-state index is -3.61. The van der Waals surface area contributed by atoms with Crippen molar-refractivity contribution in [2.45, 2.75) is 23.5 Å². The molecule has 1 aromatic heterocycles. The molecule has 1 N–H and O–H groups in total. The Morgan fingerprint density at radius 2 is 1.95 bits per heavy atom. The molecule has 0 aliphatic rings. The van der Waals surface area contributed by atoms with Crippen molar-refractivity contribution in [1.82, 2.24) is 5.32 Å². The summed E-state index contributed by atoms with van der Waals surface area (Å²) in [5.74, 6) is -0.173. The van der Waals surface area contributed by atoms with Crippen LogP contribution in [0.1, 0.15) is 23.5 Å². The Labute approximate surface area is 139 Å². The summed E-state index contributed by atoms with van der Waals surface area (Å²) in [7, 11) is -3.61. The summed E-state index contributed by atoms with van der Waals surface area (Å²) in [4.78, 5) is 12.4. The summed E-state index contributed by atoms with van der Waals surface area (Å²) in [6, 6.07) is 9.63. The predicted octanol–water partition coefficient (Wildman–Crippen LogP) is 3.44. The van der Waals surface area contributed by atoms with Crippen molar-refractivity contribution in [1.29, 1.82) is 0 Å². The fourth-order valence-corrected chi connectivity index (χ4v) is 4.87. The molecule has 22 heavy (non-hydrogen) atoms. The molecule has 1 aromatic carbocycles. The Balaban J connectivity index is 2.35. The standard InChI is InChI=1S/C15H16ClNO3S2/c1-2-15(18)17-10-14(13-4-3-9-21-13)22(19,20)12-7-5-11(16)6-8-12/h3-9,14H,2,10H2,1H3,(H,17,18)/t14-/m1/s1. The normalized spacial score (nSPS) is 12.8. The molecule has 2 rings (SSSR count). The molecule has 0 unspecified atom stereocenters. The van der Waals surface area contributed by atoms with E-state index in [9.17, 15) is 13.2 Å². The van der Waals surface area contributed by atoms with Gasteiger partial charge in [0.05, 0.1) is 4.90 Å². The third-order valence-corrected chi connectivity index (χ3v) is 6.67. The second-order valence-corrected chi connectivity index (χ2v) is 8.21. The van der Waals surface area contributed by atoms with Crippen molar-refractivity contribution in [3.63, 3.8) is 0 Å². The molecule has 0 radical (unpaired) electrons. The van der Waals surface area contributed by atoms with Crippen LogP contribution in [-0.4, -0.2) is 20.9 Å². The van der Waals surface area contributed by atoms with Crippen LogP contribution in [0.15, 0.2) is 46.7 Å². The van der Waals surface area contributed by atoms with E-state index >= 15 is 0 Å². The highest BCUT2D eigenvalue weighted by atomic mass is 35.5. The van der Waals surface area contributed by atoms with Gasteiger partial charge in [-0.15, -0.1) is 11.3 Å². The van der Waals surface area contributed by atoms with Crippen LogP contribution in [0.4, 0.5) is 0 Å². The lowest BCUT2D eigenvalue weighted by Gasteiger charge is -2.17. The Bertz CT molecular complexity index is 725. The molecule has 0 spiro atoms. The summed E-state index contributed by atoms with van der Waals surface area (Å²) in [5, 5.41) is 4.17. The third-order valence-electron chi connectivity index (χ3n) is 3.18. The number of nitrogens with one attached hydrogen (secondary N) is 1. The lowest BCUT2D eigenvalue weighted by atomic mass is 10.3. The van der Waals surface area contributed by atoms with Gasteiger partial charge in [0.1, 0.15) is 5.25 Å². The molecule has 2 aromatic rings. The number of sulfone groups is 1. The SMILES string of the molecule is CCC(=O)NC[C@H](c1cccs1)S(=O)(=O)c1ccc(Cl)cc1. The first-order valence-electron chi connectivity index (χ1n) is 6.74. The first-order valence-corrected chi connectivity index (χ1v) is 9.55. The van der Waals surface area contributed by atoms with E-state index in [1.54, 1.807) is 31.2 Å². The molecule has 1 atom stereocenters. The molecule has 4 nitrogen and oxygen atoms in total. The van der Waals surface area contributed by atoms with E-state index in [1.807, 2.05) is 5.38 Å². The number of hydrogen-bond acceptors (Lipinski definition) is 4. The van der Waals surface area contributed by atoms with Gasteiger partial charge in [-0.1, -0.05) is 24.6 Å². The molecule has 1 amide bonds. The molecule has 7 heteroatoms. The number of carbonyl (C=O) groups excluding carboxylic acids is 1. The van der Waals surface area contributed by atoms with Crippen molar-refractivity contribution in [3.8, 4) is 0 Å². The Morgan fingerprint density at radius 1 is 1.27 bits per heavy atom. The van der Waals surface area contributed by atoms with E-state index in [0.717, 1.165) is 0 Å². The highest BCUT2D eigenvalue weighted by Crippen LogP contribution is 2.31. The van der Waals surface area contributed by atoms with E-state index in [-0.39, 0.29) is 17.3 Å². The van der Waals surface area contributed by atoms with E-state index in [4.69, 9.17) is 11.6 Å². The molecule has 0 aliphatic heterocycles. The van der Waals surface area contributed by atoms with Gasteiger partial charge >= 0.3 is 0 Å². The maximum atomic E-state index is 12.9. The Kier molecular flexibility index (Phi) is 5.61. The zero-order valence-electron chi connectivity index (χ0n) is 12.0. The monoisotopic (exact) mass is 357 g/mol. The Hall–Kier alpha value is -1.37. The number of hydrogen-bond donors (Lipinski definition) is 1. The third kappa shape index (κ3) is 3.88. The van der Waals surface area contributed by atoms with Crippen molar-refractivity contribution < 1.29 is 13.2 Å². The summed E-state index contributed by atoms with van der Waals surface area (Å²) in [6.07, 6.45) is 0.318. The second kappa shape index (κ2) is 7.26. The molecule has 0 saturated carbocycles. The van der Waals surface area contributed by atoms with Gasteiger partial charge in [0, 0.05) is 22.9 Å². The predicted molar refractivity (Wildman–Crippen MR) is 89.0 cm³/mol. The minimum Gasteiger partial charge on any atom is -0.354 e. The summed E-state index contributed by atoms with van der Waals surface area (Å²) in [5.41, 5.74) is 0. The van der Waals surface area contributed by atoms with Gasteiger partial charge in [-0.25, -0.2) is 8.42 Å². The van der Waals surface area contributed by atoms with Crippen molar-refractivity contribution in [2.24, 2.45) is 0 Å². The fraction of sp³-hybridized carbons (Fsp3) is 0.267. The summed E-state index contributed by atoms with van der Waals surface area (Å²) in [6.45, 7) is 1.78. The first-order chi connectivity index (χ1) is 10.4. The fourth-order valence-electron chi connectivity index (χ4n) is 1.96. The molecule has 0 aliphatic carbocycles. The molecule has 1 heterocycles. The average molecular weight is 358 g/mol. The van der Waals surface area contributed by atoms with Gasteiger partial charge < -0.3 is 5.32 Å². The van der Waals surface area contributed by atoms with Crippen molar-refractivity contribution in [3.05, 3.63) is 51.7 Å². The van der Waals surface area contributed by atoms with Gasteiger partial charge in [-0.05, 0) is 35.7 Å². The maximum Gasteiger partial charge on any atom is 0.219 e. The zero-order valence-corrected chi connectivity index (χ0v) is 14.3. The van der Waals surface area contributed by atoms with E-state index in [1.165, 1.54) is 23.5 Å². The molecule has 0 bridgehead atoms. The highest BCUT2D eigenvalue weighted by Gasteiger charge is 2.30. The van der Waals surface area contributed by atoms with Crippen LogP contribution < -0.4 is 5.32 Å². The number of halogens is 1. The van der Waals surface area contributed by atoms with Gasteiger partial charge in [-0.2, -0.15) is 0 Å². The van der Waals surface area contributed by atoms with Crippen LogP contribution >= 0.6 is 22.9 Å². The summed E-state index contributed by atoms with van der Waals surface area (Å²) >= 11 is 7.17. The molecule has 0 saturated heterocycles. The molecule has 118 valence electrons. The quantitative estimate of drug-likeness (QED) is 0.861. The smallest absolute Gasteiger partial charge is 0.219 e. The van der Waals surface area contributed by atoms with Crippen LogP contribution in [-0.2, 0) is 14.6 Å². The summed E-state index contributed by atoms with van der Waals surface area (Å²) < 4.78 is 25.7. The number of rotatable bonds is 6. The molecular formula is C15H16ClNO3S2. The van der Waals surface area contributed by atoms with Crippen molar-refractivity contribution in [2.75, 3.05) is 6.54 Å². The minimum absolute atomic E-state index is 0.0537. The number of amides is 1. The lowest BCUT2D eigenvalue weighted by molar-refractivity contribution is -0.120. The number of thiophene rings is 1. The van der Waals surface area contributed by atoms with Crippen LogP contribution in [0.3, 0.4) is 0 Å². The van der Waals surface area contributed by atoms with Gasteiger partial charge in [0.25, 0.3) is 0 Å². The topological polar surface area (TPSA) is 63.2 Å². The van der Waals surface area contributed by atoms with Crippen LogP contribution in [0.5, 0.6) is 0 Å². The van der Waals surface area contributed by atoms with Gasteiger partial charge in [0.15, 0.2) is 9.84 Å². The number of carbonyl (C=O) groups is 1. The maximum absolute atomic E-state index is 12.9. The van der Waals surface area contributed by atoms with Crippen LogP contribution in [0.25, 0.3) is 0 Å².